The topological polar surface area (TPSA) is 70.8 Å². The largest absolute Gasteiger partial charge is 0.355 e. The number of anilines is 1. The Bertz CT molecular complexity index is 1140. The average Bonchev–Trinajstić information content (AvgIpc) is 3.52. The Morgan fingerprint density at radius 1 is 0.966 bits per heavy atom. The summed E-state index contributed by atoms with van der Waals surface area (Å²) in [5.41, 5.74) is 1.56. The highest BCUT2D eigenvalue weighted by Crippen LogP contribution is 2.31. The van der Waals surface area contributed by atoms with Crippen molar-refractivity contribution in [2.75, 3.05) is 31.1 Å². The summed E-state index contributed by atoms with van der Waals surface area (Å²) >= 11 is 0. The zero-order valence-electron chi connectivity index (χ0n) is 15.9. The van der Waals surface area contributed by atoms with Crippen LogP contribution in [0.3, 0.4) is 0 Å². The van der Waals surface area contributed by atoms with Gasteiger partial charge in [0.25, 0.3) is 0 Å². The van der Waals surface area contributed by atoms with Gasteiger partial charge in [-0.15, -0.1) is 0 Å². The molecule has 0 radical (unpaired) electrons. The van der Waals surface area contributed by atoms with E-state index < -0.39 is 10.0 Å². The molecule has 2 fully saturated rings. The number of imidazole rings is 1. The number of aromatic nitrogens is 3. The molecule has 9 heteroatoms. The summed E-state index contributed by atoms with van der Waals surface area (Å²) in [6.07, 6.45) is 6.12. The van der Waals surface area contributed by atoms with E-state index in [0.717, 1.165) is 42.9 Å². The van der Waals surface area contributed by atoms with Crippen LogP contribution in [0.25, 0.3) is 17.0 Å². The molecule has 0 bridgehead atoms. The average molecular weight is 415 g/mol. The van der Waals surface area contributed by atoms with E-state index in [1.807, 2.05) is 22.9 Å². The van der Waals surface area contributed by atoms with Crippen LogP contribution in [0.2, 0.25) is 0 Å². The van der Waals surface area contributed by atoms with Crippen molar-refractivity contribution in [3.8, 4) is 11.3 Å². The van der Waals surface area contributed by atoms with E-state index in [4.69, 9.17) is 0 Å². The van der Waals surface area contributed by atoms with Crippen LogP contribution in [-0.4, -0.2) is 58.5 Å². The summed E-state index contributed by atoms with van der Waals surface area (Å²) in [6, 6.07) is 8.14. The molecule has 1 aliphatic heterocycles. The first-order valence-corrected chi connectivity index (χ1v) is 11.4. The second-order valence-electron chi connectivity index (χ2n) is 7.61. The fourth-order valence-corrected chi connectivity index (χ4v) is 5.63. The molecular formula is C20H22FN5O2S. The molecule has 2 aromatic heterocycles. The minimum absolute atomic E-state index is 0.168. The SMILES string of the molecule is O=S(=O)(C1CC1)N1CCCN(c2ccn3cc(-c4ccc(F)cc4)nc3n2)CC1. The monoisotopic (exact) mass is 415 g/mol. The summed E-state index contributed by atoms with van der Waals surface area (Å²) < 4.78 is 41.7. The minimum atomic E-state index is -3.14. The van der Waals surface area contributed by atoms with E-state index in [0.29, 0.717) is 25.4 Å². The second kappa shape index (κ2) is 7.07. The summed E-state index contributed by atoms with van der Waals surface area (Å²) in [7, 11) is -3.14. The van der Waals surface area contributed by atoms with Crippen LogP contribution in [0, 0.1) is 5.82 Å². The lowest BCUT2D eigenvalue weighted by Crippen LogP contribution is -2.37. The normalized spacial score (nSPS) is 18.9. The number of sulfonamides is 1. The molecule has 0 unspecified atom stereocenters. The number of halogens is 1. The first-order valence-electron chi connectivity index (χ1n) is 9.86. The van der Waals surface area contributed by atoms with Crippen LogP contribution in [0.15, 0.2) is 42.7 Å². The lowest BCUT2D eigenvalue weighted by Gasteiger charge is -2.22. The van der Waals surface area contributed by atoms with Crippen molar-refractivity contribution in [1.82, 2.24) is 18.7 Å². The van der Waals surface area contributed by atoms with Crippen molar-refractivity contribution in [1.29, 1.82) is 0 Å². The molecule has 1 aliphatic carbocycles. The molecule has 3 heterocycles. The minimum Gasteiger partial charge on any atom is -0.355 e. The maximum absolute atomic E-state index is 13.2. The summed E-state index contributed by atoms with van der Waals surface area (Å²) in [4.78, 5) is 11.4. The van der Waals surface area contributed by atoms with Crippen molar-refractivity contribution < 1.29 is 12.8 Å². The fraction of sp³-hybridized carbons (Fsp3) is 0.400. The molecule has 29 heavy (non-hydrogen) atoms. The molecule has 152 valence electrons. The molecule has 1 saturated carbocycles. The van der Waals surface area contributed by atoms with Gasteiger partial charge in [0.15, 0.2) is 0 Å². The van der Waals surface area contributed by atoms with Gasteiger partial charge in [0, 0.05) is 44.1 Å². The number of benzene rings is 1. The smallest absolute Gasteiger partial charge is 0.236 e. The molecule has 3 aromatic rings. The molecule has 0 amide bonds. The van der Waals surface area contributed by atoms with Crippen molar-refractivity contribution in [3.63, 3.8) is 0 Å². The summed E-state index contributed by atoms with van der Waals surface area (Å²) in [6.45, 7) is 2.42. The number of fused-ring (bicyclic) bond motifs is 1. The Labute approximate surface area is 168 Å². The molecule has 7 nitrogen and oxygen atoms in total. The Morgan fingerprint density at radius 2 is 1.76 bits per heavy atom. The Balaban J connectivity index is 1.37. The quantitative estimate of drug-likeness (QED) is 0.655. The van der Waals surface area contributed by atoms with Crippen LogP contribution in [0.1, 0.15) is 19.3 Å². The van der Waals surface area contributed by atoms with Gasteiger partial charge in [-0.25, -0.2) is 17.8 Å². The number of nitrogens with zero attached hydrogens (tertiary/aromatic N) is 5. The van der Waals surface area contributed by atoms with E-state index in [1.165, 1.54) is 12.1 Å². The van der Waals surface area contributed by atoms with Gasteiger partial charge < -0.3 is 4.90 Å². The first-order chi connectivity index (χ1) is 14.0. The van der Waals surface area contributed by atoms with Crippen molar-refractivity contribution >= 4 is 21.6 Å². The highest BCUT2D eigenvalue weighted by atomic mass is 32.2. The summed E-state index contributed by atoms with van der Waals surface area (Å²) in [5.74, 6) is 1.07. The van der Waals surface area contributed by atoms with Crippen LogP contribution in [-0.2, 0) is 10.0 Å². The molecule has 2 aliphatic rings. The lowest BCUT2D eigenvalue weighted by atomic mass is 10.2. The van der Waals surface area contributed by atoms with Crippen LogP contribution in [0.4, 0.5) is 10.2 Å². The maximum Gasteiger partial charge on any atom is 0.236 e. The molecule has 1 saturated heterocycles. The molecule has 0 spiro atoms. The Hall–Kier alpha value is -2.52. The highest BCUT2D eigenvalue weighted by molar-refractivity contribution is 7.90. The number of hydrogen-bond acceptors (Lipinski definition) is 5. The van der Waals surface area contributed by atoms with Crippen molar-refractivity contribution in [2.45, 2.75) is 24.5 Å². The van der Waals surface area contributed by atoms with Crippen LogP contribution >= 0.6 is 0 Å². The van der Waals surface area contributed by atoms with Gasteiger partial charge in [0.05, 0.1) is 10.9 Å². The van der Waals surface area contributed by atoms with Crippen LogP contribution < -0.4 is 4.90 Å². The molecule has 0 N–H and O–H groups in total. The molecule has 1 aromatic carbocycles. The predicted molar refractivity (Wildman–Crippen MR) is 109 cm³/mol. The van der Waals surface area contributed by atoms with Gasteiger partial charge in [-0.05, 0) is 49.6 Å². The van der Waals surface area contributed by atoms with Crippen molar-refractivity contribution in [3.05, 3.63) is 48.5 Å². The highest BCUT2D eigenvalue weighted by Gasteiger charge is 2.40. The van der Waals surface area contributed by atoms with E-state index in [2.05, 4.69) is 14.9 Å². The lowest BCUT2D eigenvalue weighted by molar-refractivity contribution is 0.432. The second-order valence-corrected chi connectivity index (χ2v) is 9.82. The molecule has 0 atom stereocenters. The van der Waals surface area contributed by atoms with Gasteiger partial charge in [0.1, 0.15) is 11.6 Å². The van der Waals surface area contributed by atoms with E-state index in [9.17, 15) is 12.8 Å². The zero-order valence-corrected chi connectivity index (χ0v) is 16.7. The van der Waals surface area contributed by atoms with Gasteiger partial charge in [-0.3, -0.25) is 4.40 Å². The Kier molecular flexibility index (Phi) is 4.51. The maximum atomic E-state index is 13.2. The third-order valence-corrected chi connectivity index (χ3v) is 7.93. The third kappa shape index (κ3) is 3.60. The van der Waals surface area contributed by atoms with Gasteiger partial charge in [0.2, 0.25) is 15.8 Å². The van der Waals surface area contributed by atoms with E-state index >= 15 is 0 Å². The fourth-order valence-electron chi connectivity index (χ4n) is 3.75. The third-order valence-electron chi connectivity index (χ3n) is 5.54. The first kappa shape index (κ1) is 18.5. The van der Waals surface area contributed by atoms with E-state index in [-0.39, 0.29) is 11.1 Å². The molecule has 5 rings (SSSR count). The van der Waals surface area contributed by atoms with E-state index in [1.54, 1.807) is 16.4 Å². The number of rotatable bonds is 4. The van der Waals surface area contributed by atoms with Crippen LogP contribution in [0.5, 0.6) is 0 Å². The van der Waals surface area contributed by atoms with Gasteiger partial charge in [-0.2, -0.15) is 9.29 Å². The standard InChI is InChI=1S/C20H22FN5O2S/c21-16-4-2-15(3-5-16)18-14-25-11-8-19(23-20(25)22-18)24-9-1-10-26(13-12-24)29(27,28)17-6-7-17/h2-5,8,11,14,17H,1,6-7,9-10,12-13H2. The Morgan fingerprint density at radius 3 is 2.52 bits per heavy atom. The van der Waals surface area contributed by atoms with Gasteiger partial charge in [-0.1, -0.05) is 0 Å². The number of hydrogen-bond donors (Lipinski definition) is 0. The van der Waals surface area contributed by atoms with Gasteiger partial charge >= 0.3 is 0 Å². The zero-order chi connectivity index (χ0) is 20.0. The van der Waals surface area contributed by atoms with Crippen molar-refractivity contribution in [2.24, 2.45) is 0 Å². The summed E-state index contributed by atoms with van der Waals surface area (Å²) in [5, 5.41) is -0.168. The molecular weight excluding hydrogens is 393 g/mol. The predicted octanol–water partition coefficient (Wildman–Crippen LogP) is 2.54.